The molecule has 0 spiro atoms. The van der Waals surface area contributed by atoms with Crippen LogP contribution >= 0.6 is 34.5 Å². The molecule has 0 aliphatic heterocycles. The van der Waals surface area contributed by atoms with Crippen molar-refractivity contribution in [3.8, 4) is 0 Å². The number of rotatable bonds is 6. The van der Waals surface area contributed by atoms with Crippen LogP contribution in [0.2, 0.25) is 10.0 Å². The summed E-state index contributed by atoms with van der Waals surface area (Å²) in [6.45, 7) is 1.06. The summed E-state index contributed by atoms with van der Waals surface area (Å²) in [7, 11) is 0. The van der Waals surface area contributed by atoms with Gasteiger partial charge < -0.3 is 10.6 Å². The van der Waals surface area contributed by atoms with Gasteiger partial charge in [-0.1, -0.05) is 29.3 Å². The summed E-state index contributed by atoms with van der Waals surface area (Å²) in [5.74, 6) is -0.0295. The first-order chi connectivity index (χ1) is 11.1. The van der Waals surface area contributed by atoms with Gasteiger partial charge >= 0.3 is 0 Å². The van der Waals surface area contributed by atoms with E-state index in [1.54, 1.807) is 6.07 Å². The van der Waals surface area contributed by atoms with Crippen molar-refractivity contribution in [2.24, 2.45) is 5.73 Å². The molecule has 1 aliphatic rings. The molecule has 23 heavy (non-hydrogen) atoms. The van der Waals surface area contributed by atoms with E-state index in [4.69, 9.17) is 28.9 Å². The van der Waals surface area contributed by atoms with Crippen molar-refractivity contribution in [1.29, 1.82) is 0 Å². The molecule has 1 aliphatic carbocycles. The molecular formula is C16H17Cl2N3OS. The second-order valence-electron chi connectivity index (χ2n) is 5.58. The Morgan fingerprint density at radius 2 is 2.13 bits per heavy atom. The lowest BCUT2D eigenvalue weighted by molar-refractivity contribution is 0.0724. The first-order valence-corrected chi connectivity index (χ1v) is 9.11. The molecule has 0 unspecified atom stereocenters. The molecule has 0 radical (unpaired) electrons. The van der Waals surface area contributed by atoms with Crippen molar-refractivity contribution >= 4 is 40.4 Å². The van der Waals surface area contributed by atoms with Gasteiger partial charge in [0.15, 0.2) is 0 Å². The van der Waals surface area contributed by atoms with Crippen molar-refractivity contribution in [2.75, 3.05) is 6.54 Å². The number of thiazole rings is 1. The van der Waals surface area contributed by atoms with Gasteiger partial charge in [-0.3, -0.25) is 4.79 Å². The maximum Gasteiger partial charge on any atom is 0.273 e. The van der Waals surface area contributed by atoms with Crippen LogP contribution in [0.5, 0.6) is 0 Å². The first-order valence-electron chi connectivity index (χ1n) is 7.48. The fraction of sp³-hybridized carbons (Fsp3) is 0.375. The molecule has 1 amide bonds. The van der Waals surface area contributed by atoms with Crippen LogP contribution in [-0.4, -0.2) is 28.4 Å². The van der Waals surface area contributed by atoms with E-state index in [1.807, 2.05) is 22.4 Å². The summed E-state index contributed by atoms with van der Waals surface area (Å²) in [5, 5.41) is 3.75. The number of carbonyl (C=O) groups excluding carboxylic acids is 1. The molecule has 1 saturated carbocycles. The predicted octanol–water partition coefficient (Wildman–Crippen LogP) is 3.76. The molecule has 1 heterocycles. The third-order valence-electron chi connectivity index (χ3n) is 3.71. The van der Waals surface area contributed by atoms with Gasteiger partial charge in [-0.05, 0) is 37.1 Å². The zero-order chi connectivity index (χ0) is 16.4. The highest BCUT2D eigenvalue weighted by Crippen LogP contribution is 2.31. The van der Waals surface area contributed by atoms with Crippen molar-refractivity contribution < 1.29 is 4.79 Å². The molecule has 2 N–H and O–H groups in total. The number of halogens is 2. The number of nitrogens with zero attached hydrogens (tertiary/aromatic N) is 2. The Morgan fingerprint density at radius 1 is 1.35 bits per heavy atom. The molecule has 1 aromatic heterocycles. The second kappa shape index (κ2) is 7.18. The highest BCUT2D eigenvalue weighted by Gasteiger charge is 2.34. The van der Waals surface area contributed by atoms with Crippen LogP contribution < -0.4 is 5.73 Å². The zero-order valence-corrected chi connectivity index (χ0v) is 14.8. The normalized spacial score (nSPS) is 14.0. The summed E-state index contributed by atoms with van der Waals surface area (Å²) in [6, 6.07) is 5.76. The molecule has 4 nitrogen and oxygen atoms in total. The van der Waals surface area contributed by atoms with E-state index < -0.39 is 0 Å². The van der Waals surface area contributed by atoms with Gasteiger partial charge in [-0.15, -0.1) is 11.3 Å². The molecule has 3 rings (SSSR count). The van der Waals surface area contributed by atoms with Gasteiger partial charge in [-0.25, -0.2) is 4.98 Å². The van der Waals surface area contributed by atoms with Crippen molar-refractivity contribution in [2.45, 2.75) is 31.8 Å². The molecule has 0 bridgehead atoms. The first kappa shape index (κ1) is 16.7. The Morgan fingerprint density at radius 3 is 2.78 bits per heavy atom. The lowest BCUT2D eigenvalue weighted by Gasteiger charge is -2.22. The minimum Gasteiger partial charge on any atom is -0.330 e. The Bertz CT molecular complexity index is 715. The van der Waals surface area contributed by atoms with Crippen LogP contribution in [0.3, 0.4) is 0 Å². The van der Waals surface area contributed by atoms with E-state index in [-0.39, 0.29) is 11.9 Å². The SMILES string of the molecule is NCCc1nc(C(=O)N(Cc2ccc(Cl)c(Cl)c2)C2CC2)cs1. The average Bonchev–Trinajstić information content (AvgIpc) is 3.27. The van der Waals surface area contributed by atoms with E-state index in [2.05, 4.69) is 4.98 Å². The molecule has 2 aromatic rings. The minimum atomic E-state index is -0.0295. The molecule has 0 atom stereocenters. The summed E-state index contributed by atoms with van der Waals surface area (Å²) in [4.78, 5) is 19.1. The number of hydrogen-bond donors (Lipinski definition) is 1. The van der Waals surface area contributed by atoms with E-state index in [0.717, 1.165) is 23.4 Å². The minimum absolute atomic E-state index is 0.0295. The van der Waals surface area contributed by atoms with Crippen molar-refractivity contribution in [3.63, 3.8) is 0 Å². The van der Waals surface area contributed by atoms with Gasteiger partial charge in [0.05, 0.1) is 15.1 Å². The van der Waals surface area contributed by atoms with E-state index in [9.17, 15) is 4.79 Å². The van der Waals surface area contributed by atoms with Crippen LogP contribution in [0, 0.1) is 0 Å². The monoisotopic (exact) mass is 369 g/mol. The zero-order valence-electron chi connectivity index (χ0n) is 12.5. The molecule has 0 saturated heterocycles. The van der Waals surface area contributed by atoms with Crippen LogP contribution in [0.15, 0.2) is 23.6 Å². The largest absolute Gasteiger partial charge is 0.330 e. The van der Waals surface area contributed by atoms with Gasteiger partial charge in [0, 0.05) is 24.4 Å². The highest BCUT2D eigenvalue weighted by atomic mass is 35.5. The number of carbonyl (C=O) groups is 1. The number of benzene rings is 1. The van der Waals surface area contributed by atoms with Gasteiger partial charge in [0.2, 0.25) is 0 Å². The standard InChI is InChI=1S/C16H17Cl2N3OS/c17-12-4-1-10(7-13(12)18)8-21(11-2-3-11)16(22)14-9-23-15(20-14)5-6-19/h1,4,7,9,11H,2-3,5-6,8,19H2. The van der Waals surface area contributed by atoms with Crippen LogP contribution in [-0.2, 0) is 13.0 Å². The van der Waals surface area contributed by atoms with Crippen LogP contribution in [0.1, 0.15) is 33.9 Å². The number of amides is 1. The maximum absolute atomic E-state index is 12.8. The number of nitrogens with two attached hydrogens (primary N) is 1. The van der Waals surface area contributed by atoms with E-state index >= 15 is 0 Å². The van der Waals surface area contributed by atoms with Crippen LogP contribution in [0.25, 0.3) is 0 Å². The second-order valence-corrected chi connectivity index (χ2v) is 7.33. The Balaban J connectivity index is 1.77. The average molecular weight is 370 g/mol. The van der Waals surface area contributed by atoms with Crippen molar-refractivity contribution in [1.82, 2.24) is 9.88 Å². The topological polar surface area (TPSA) is 59.2 Å². The van der Waals surface area contributed by atoms with Gasteiger partial charge in [-0.2, -0.15) is 0 Å². The molecule has 122 valence electrons. The van der Waals surface area contributed by atoms with Crippen molar-refractivity contribution in [3.05, 3.63) is 49.9 Å². The molecule has 1 aromatic carbocycles. The van der Waals surface area contributed by atoms with Crippen LogP contribution in [0.4, 0.5) is 0 Å². The lowest BCUT2D eigenvalue weighted by Crippen LogP contribution is -2.32. The third kappa shape index (κ3) is 4.04. The van der Waals surface area contributed by atoms with Gasteiger partial charge in [0.1, 0.15) is 5.69 Å². The summed E-state index contributed by atoms with van der Waals surface area (Å²) in [6.07, 6.45) is 2.77. The number of hydrogen-bond acceptors (Lipinski definition) is 4. The Kier molecular flexibility index (Phi) is 5.21. The summed E-state index contributed by atoms with van der Waals surface area (Å²) in [5.41, 5.74) is 7.02. The highest BCUT2D eigenvalue weighted by molar-refractivity contribution is 7.09. The Hall–Kier alpha value is -1.14. The smallest absolute Gasteiger partial charge is 0.273 e. The third-order valence-corrected chi connectivity index (χ3v) is 5.36. The quantitative estimate of drug-likeness (QED) is 0.842. The number of aromatic nitrogens is 1. The molecule has 1 fully saturated rings. The van der Waals surface area contributed by atoms with Gasteiger partial charge in [0.25, 0.3) is 5.91 Å². The molecule has 7 heteroatoms. The predicted molar refractivity (Wildman–Crippen MR) is 94.2 cm³/mol. The van der Waals surface area contributed by atoms with E-state index in [1.165, 1.54) is 11.3 Å². The van der Waals surface area contributed by atoms with E-state index in [0.29, 0.717) is 35.2 Å². The summed E-state index contributed by atoms with van der Waals surface area (Å²) < 4.78 is 0. The lowest BCUT2D eigenvalue weighted by atomic mass is 10.2. The molecular weight excluding hydrogens is 353 g/mol. The maximum atomic E-state index is 12.8. The fourth-order valence-corrected chi connectivity index (χ4v) is 3.49. The Labute approximate surface area is 149 Å². The summed E-state index contributed by atoms with van der Waals surface area (Å²) >= 11 is 13.5. The fourth-order valence-electron chi connectivity index (χ4n) is 2.38.